The molecule has 3 fully saturated rings. The minimum absolute atomic E-state index is 0.225. The lowest BCUT2D eigenvalue weighted by molar-refractivity contribution is -0.125. The summed E-state index contributed by atoms with van der Waals surface area (Å²) in [6.45, 7) is 1.98. The number of hydrogen-bond donors (Lipinski definition) is 2. The lowest BCUT2D eigenvalue weighted by Gasteiger charge is -2.43. The Labute approximate surface area is 126 Å². The van der Waals surface area contributed by atoms with Crippen LogP contribution < -0.4 is 10.6 Å². The molecule has 2 saturated heterocycles. The normalized spacial score (nSPS) is 31.4. The van der Waals surface area contributed by atoms with E-state index in [0.29, 0.717) is 24.4 Å². The quantitative estimate of drug-likeness (QED) is 0.724. The standard InChI is InChI=1S/C15H25N3OS/c19-14-7-6-11-10-18(9-8-13(11)17-14)15(20)16-12-4-2-1-3-5-12/h11-13H,1-10H2,(H,16,20)(H,17,19). The first-order chi connectivity index (χ1) is 9.72. The van der Waals surface area contributed by atoms with Crippen molar-refractivity contribution in [3.8, 4) is 0 Å². The summed E-state index contributed by atoms with van der Waals surface area (Å²) in [4.78, 5) is 13.8. The first-order valence-electron chi connectivity index (χ1n) is 8.07. The molecule has 1 aliphatic carbocycles. The van der Waals surface area contributed by atoms with Crippen molar-refractivity contribution < 1.29 is 4.79 Å². The first-order valence-corrected chi connectivity index (χ1v) is 8.48. The number of amides is 1. The zero-order chi connectivity index (χ0) is 13.9. The topological polar surface area (TPSA) is 44.4 Å². The van der Waals surface area contributed by atoms with Gasteiger partial charge in [-0.2, -0.15) is 0 Å². The summed E-state index contributed by atoms with van der Waals surface area (Å²) in [5, 5.41) is 7.63. The predicted molar refractivity (Wildman–Crippen MR) is 83.5 cm³/mol. The Hall–Kier alpha value is -0.840. The Bertz CT molecular complexity index is 381. The van der Waals surface area contributed by atoms with E-state index in [2.05, 4.69) is 15.5 Å². The van der Waals surface area contributed by atoms with Crippen LogP contribution in [0.2, 0.25) is 0 Å². The molecule has 2 unspecified atom stereocenters. The van der Waals surface area contributed by atoms with Gasteiger partial charge >= 0.3 is 0 Å². The van der Waals surface area contributed by atoms with E-state index in [0.717, 1.165) is 31.0 Å². The molecule has 20 heavy (non-hydrogen) atoms. The Kier molecular flexibility index (Phi) is 4.44. The van der Waals surface area contributed by atoms with E-state index >= 15 is 0 Å². The van der Waals surface area contributed by atoms with Crippen LogP contribution >= 0.6 is 12.2 Å². The molecule has 0 aromatic rings. The molecular formula is C15H25N3OS. The maximum absolute atomic E-state index is 11.4. The fourth-order valence-electron chi connectivity index (χ4n) is 3.81. The van der Waals surface area contributed by atoms with Crippen molar-refractivity contribution in [1.29, 1.82) is 0 Å². The molecule has 0 spiro atoms. The summed E-state index contributed by atoms with van der Waals surface area (Å²) in [6, 6.07) is 0.963. The fraction of sp³-hybridized carbons (Fsp3) is 0.867. The third-order valence-electron chi connectivity index (χ3n) is 5.04. The second-order valence-corrected chi connectivity index (χ2v) is 6.88. The summed E-state index contributed by atoms with van der Waals surface area (Å²) >= 11 is 5.60. The van der Waals surface area contributed by atoms with Gasteiger partial charge in [0.1, 0.15) is 0 Å². The van der Waals surface area contributed by atoms with Crippen LogP contribution in [0.3, 0.4) is 0 Å². The molecule has 0 radical (unpaired) electrons. The van der Waals surface area contributed by atoms with E-state index < -0.39 is 0 Å². The van der Waals surface area contributed by atoms with Crippen LogP contribution in [0.4, 0.5) is 0 Å². The molecule has 0 aromatic heterocycles. The maximum atomic E-state index is 11.4. The number of likely N-dealkylation sites (tertiary alicyclic amines) is 1. The molecule has 0 aromatic carbocycles. The van der Waals surface area contributed by atoms with Gasteiger partial charge in [0.05, 0.1) is 0 Å². The lowest BCUT2D eigenvalue weighted by atomic mass is 9.85. The maximum Gasteiger partial charge on any atom is 0.220 e. The van der Waals surface area contributed by atoms with Gasteiger partial charge in [-0.25, -0.2) is 0 Å². The lowest BCUT2D eigenvalue weighted by Crippen LogP contribution is -2.57. The van der Waals surface area contributed by atoms with Crippen LogP contribution in [0.25, 0.3) is 0 Å². The summed E-state index contributed by atoms with van der Waals surface area (Å²) in [7, 11) is 0. The zero-order valence-electron chi connectivity index (χ0n) is 12.1. The number of carbonyl (C=O) groups excluding carboxylic acids is 1. The number of nitrogens with zero attached hydrogens (tertiary/aromatic N) is 1. The summed E-state index contributed by atoms with van der Waals surface area (Å²) in [6.07, 6.45) is 9.28. The summed E-state index contributed by atoms with van der Waals surface area (Å²) < 4.78 is 0. The fourth-order valence-corrected chi connectivity index (χ4v) is 4.14. The Balaban J connectivity index is 1.50. The predicted octanol–water partition coefficient (Wildman–Crippen LogP) is 1.79. The third-order valence-corrected chi connectivity index (χ3v) is 5.42. The van der Waals surface area contributed by atoms with E-state index in [1.165, 1.54) is 32.1 Å². The van der Waals surface area contributed by atoms with Crippen molar-refractivity contribution in [2.45, 2.75) is 63.5 Å². The van der Waals surface area contributed by atoms with Crippen molar-refractivity contribution >= 4 is 23.2 Å². The number of carbonyl (C=O) groups is 1. The third kappa shape index (κ3) is 3.25. The molecule has 2 atom stereocenters. The number of rotatable bonds is 1. The second kappa shape index (κ2) is 6.29. The van der Waals surface area contributed by atoms with Gasteiger partial charge in [-0.15, -0.1) is 0 Å². The van der Waals surface area contributed by atoms with Crippen LogP contribution in [-0.4, -0.2) is 41.1 Å². The first kappa shape index (κ1) is 14.1. The van der Waals surface area contributed by atoms with Crippen LogP contribution in [0, 0.1) is 5.92 Å². The second-order valence-electron chi connectivity index (χ2n) is 6.49. The van der Waals surface area contributed by atoms with Crippen molar-refractivity contribution in [3.05, 3.63) is 0 Å². The minimum Gasteiger partial charge on any atom is -0.360 e. The molecule has 1 amide bonds. The Morgan fingerprint density at radius 2 is 2.00 bits per heavy atom. The van der Waals surface area contributed by atoms with Crippen LogP contribution in [0.15, 0.2) is 0 Å². The summed E-state index contributed by atoms with van der Waals surface area (Å²) in [5.41, 5.74) is 0. The van der Waals surface area contributed by atoms with Gasteiger partial charge in [0.25, 0.3) is 0 Å². The van der Waals surface area contributed by atoms with Gasteiger partial charge in [0, 0.05) is 31.6 Å². The highest BCUT2D eigenvalue weighted by molar-refractivity contribution is 7.80. The Morgan fingerprint density at radius 3 is 2.80 bits per heavy atom. The zero-order valence-corrected chi connectivity index (χ0v) is 12.9. The van der Waals surface area contributed by atoms with Gasteiger partial charge in [0.15, 0.2) is 5.11 Å². The van der Waals surface area contributed by atoms with Crippen molar-refractivity contribution in [3.63, 3.8) is 0 Å². The van der Waals surface area contributed by atoms with Crippen molar-refractivity contribution in [2.75, 3.05) is 13.1 Å². The number of piperidine rings is 2. The molecular weight excluding hydrogens is 270 g/mol. The Morgan fingerprint density at radius 1 is 1.20 bits per heavy atom. The average Bonchev–Trinajstić information content (AvgIpc) is 2.47. The van der Waals surface area contributed by atoms with Crippen molar-refractivity contribution in [1.82, 2.24) is 15.5 Å². The van der Waals surface area contributed by atoms with Gasteiger partial charge < -0.3 is 15.5 Å². The van der Waals surface area contributed by atoms with Crippen LogP contribution in [0.5, 0.6) is 0 Å². The van der Waals surface area contributed by atoms with Crippen LogP contribution in [0.1, 0.15) is 51.4 Å². The molecule has 3 rings (SSSR count). The molecule has 1 saturated carbocycles. The van der Waals surface area contributed by atoms with Gasteiger partial charge in [-0.05, 0) is 43.8 Å². The molecule has 4 nitrogen and oxygen atoms in total. The molecule has 3 aliphatic rings. The number of thiocarbonyl (C=S) groups is 1. The number of hydrogen-bond acceptors (Lipinski definition) is 2. The number of fused-ring (bicyclic) bond motifs is 1. The number of nitrogens with one attached hydrogen (secondary N) is 2. The van der Waals surface area contributed by atoms with Crippen LogP contribution in [-0.2, 0) is 4.79 Å². The monoisotopic (exact) mass is 295 g/mol. The minimum atomic E-state index is 0.225. The van der Waals surface area contributed by atoms with E-state index in [9.17, 15) is 4.79 Å². The SMILES string of the molecule is O=C1CCC2CN(C(=S)NC3CCCCC3)CCC2N1. The smallest absolute Gasteiger partial charge is 0.220 e. The van der Waals surface area contributed by atoms with E-state index in [1.54, 1.807) is 0 Å². The van der Waals surface area contributed by atoms with E-state index in [-0.39, 0.29) is 5.91 Å². The summed E-state index contributed by atoms with van der Waals surface area (Å²) in [5.74, 6) is 0.801. The largest absolute Gasteiger partial charge is 0.360 e. The van der Waals surface area contributed by atoms with Gasteiger partial charge in [0.2, 0.25) is 5.91 Å². The molecule has 2 N–H and O–H groups in total. The highest BCUT2D eigenvalue weighted by atomic mass is 32.1. The average molecular weight is 295 g/mol. The molecule has 112 valence electrons. The van der Waals surface area contributed by atoms with Crippen molar-refractivity contribution in [2.24, 2.45) is 5.92 Å². The highest BCUT2D eigenvalue weighted by Gasteiger charge is 2.34. The van der Waals surface area contributed by atoms with E-state index in [4.69, 9.17) is 12.2 Å². The molecule has 2 heterocycles. The van der Waals surface area contributed by atoms with Gasteiger partial charge in [-0.3, -0.25) is 4.79 Å². The molecule has 5 heteroatoms. The molecule has 0 bridgehead atoms. The van der Waals surface area contributed by atoms with E-state index in [1.807, 2.05) is 0 Å². The molecule has 2 aliphatic heterocycles. The highest BCUT2D eigenvalue weighted by Crippen LogP contribution is 2.26. The van der Waals surface area contributed by atoms with Gasteiger partial charge in [-0.1, -0.05) is 19.3 Å².